The van der Waals surface area contributed by atoms with Gasteiger partial charge in [-0.1, -0.05) is 13.0 Å². The average Bonchev–Trinajstić information content (AvgIpc) is 2.18. The molecule has 0 unspecified atom stereocenters. The number of pyridine rings is 1. The van der Waals surface area contributed by atoms with Gasteiger partial charge >= 0.3 is 0 Å². The van der Waals surface area contributed by atoms with Crippen LogP contribution in [-0.2, 0) is 4.84 Å². The Balaban J connectivity index is 2.97. The maximum Gasteiger partial charge on any atom is 0.0886 e. The number of hydrogen-bond donors (Lipinski definition) is 2. The largest absolute Gasteiger partial charge is 0.397 e. The number of anilines is 1. The zero-order valence-electron chi connectivity index (χ0n) is 9.37. The topological polar surface area (TPSA) is 60.2 Å². The van der Waals surface area contributed by atoms with Crippen LogP contribution in [0.5, 0.6) is 0 Å². The van der Waals surface area contributed by atoms with Gasteiger partial charge in [0.1, 0.15) is 0 Å². The highest BCUT2D eigenvalue weighted by atomic mass is 16.6. The third kappa shape index (κ3) is 2.95. The number of hydrogen-bond acceptors (Lipinski definition) is 4. The van der Waals surface area contributed by atoms with Crippen molar-refractivity contribution in [2.75, 3.05) is 12.6 Å². The van der Waals surface area contributed by atoms with Gasteiger partial charge in [-0.3, -0.25) is 15.3 Å². The maximum atomic E-state index is 5.88. The summed E-state index contributed by atoms with van der Waals surface area (Å²) in [6.07, 6.45) is 4.56. The number of aryl methyl sites for hydroxylation is 1. The van der Waals surface area contributed by atoms with Gasteiger partial charge in [0.15, 0.2) is 0 Å². The van der Waals surface area contributed by atoms with Gasteiger partial charge in [0.25, 0.3) is 0 Å². The first-order chi connectivity index (χ1) is 7.19. The number of nitrogens with zero attached hydrogens (tertiary/aromatic N) is 1. The second-order valence-corrected chi connectivity index (χ2v) is 3.26. The molecule has 0 fully saturated rings. The Labute approximate surface area is 90.1 Å². The van der Waals surface area contributed by atoms with Gasteiger partial charge in [-0.15, -0.1) is 0 Å². The number of aromatic nitrogens is 1. The van der Waals surface area contributed by atoms with Crippen LogP contribution in [0, 0.1) is 6.92 Å². The van der Waals surface area contributed by atoms with Crippen LogP contribution in [0.4, 0.5) is 5.69 Å². The summed E-state index contributed by atoms with van der Waals surface area (Å²) in [7, 11) is 1.56. The molecule has 1 heterocycles. The third-order valence-electron chi connectivity index (χ3n) is 2.00. The Morgan fingerprint density at radius 3 is 2.93 bits per heavy atom. The van der Waals surface area contributed by atoms with Crippen molar-refractivity contribution < 1.29 is 4.84 Å². The standard InChI is InChI=1S/C11H17N3O/c1-4-5-10(12)11-8(2)6-9(7-13-11)14-15-3/h5-7,14H,4,12H2,1-3H3/b10-5-. The summed E-state index contributed by atoms with van der Waals surface area (Å²) in [5.41, 5.74) is 12.0. The summed E-state index contributed by atoms with van der Waals surface area (Å²) in [5, 5.41) is 0. The normalized spacial score (nSPS) is 11.5. The molecule has 0 aliphatic heterocycles. The predicted octanol–water partition coefficient (Wildman–Crippen LogP) is 2.07. The molecule has 1 aromatic heterocycles. The molecule has 0 atom stereocenters. The van der Waals surface area contributed by atoms with Crippen molar-refractivity contribution in [2.24, 2.45) is 5.73 Å². The fourth-order valence-electron chi connectivity index (χ4n) is 1.37. The zero-order chi connectivity index (χ0) is 11.3. The van der Waals surface area contributed by atoms with E-state index in [4.69, 9.17) is 10.6 Å². The number of allylic oxidation sites excluding steroid dienone is 1. The van der Waals surface area contributed by atoms with Gasteiger partial charge in [0.05, 0.1) is 30.4 Å². The van der Waals surface area contributed by atoms with Crippen LogP contribution in [0.3, 0.4) is 0 Å². The lowest BCUT2D eigenvalue weighted by molar-refractivity contribution is 0.271. The molecule has 3 N–H and O–H groups in total. The average molecular weight is 207 g/mol. The van der Waals surface area contributed by atoms with Crippen LogP contribution in [0.15, 0.2) is 18.3 Å². The van der Waals surface area contributed by atoms with E-state index in [9.17, 15) is 0 Å². The molecular weight excluding hydrogens is 190 g/mol. The van der Waals surface area contributed by atoms with Crippen molar-refractivity contribution in [2.45, 2.75) is 20.3 Å². The highest BCUT2D eigenvalue weighted by molar-refractivity contribution is 5.63. The maximum absolute atomic E-state index is 5.88. The van der Waals surface area contributed by atoms with E-state index in [0.29, 0.717) is 0 Å². The van der Waals surface area contributed by atoms with Crippen molar-refractivity contribution in [3.05, 3.63) is 29.6 Å². The van der Waals surface area contributed by atoms with Crippen molar-refractivity contribution in [3.8, 4) is 0 Å². The molecule has 0 aliphatic carbocycles. The minimum atomic E-state index is 0.721. The fourth-order valence-corrected chi connectivity index (χ4v) is 1.37. The van der Waals surface area contributed by atoms with Crippen molar-refractivity contribution >= 4 is 11.4 Å². The van der Waals surface area contributed by atoms with E-state index >= 15 is 0 Å². The molecule has 15 heavy (non-hydrogen) atoms. The van der Waals surface area contributed by atoms with Crippen LogP contribution in [0.1, 0.15) is 24.6 Å². The molecule has 1 aromatic rings. The van der Waals surface area contributed by atoms with Crippen LogP contribution in [0.2, 0.25) is 0 Å². The number of nitrogens with one attached hydrogen (secondary N) is 1. The first-order valence-corrected chi connectivity index (χ1v) is 4.90. The second kappa shape index (κ2) is 5.36. The molecule has 82 valence electrons. The molecule has 4 nitrogen and oxygen atoms in total. The molecule has 1 rings (SSSR count). The van der Waals surface area contributed by atoms with E-state index in [1.54, 1.807) is 13.3 Å². The molecule has 0 radical (unpaired) electrons. The van der Waals surface area contributed by atoms with Gasteiger partial charge in [-0.25, -0.2) is 0 Å². The molecule has 0 bridgehead atoms. The van der Waals surface area contributed by atoms with Crippen LogP contribution < -0.4 is 11.2 Å². The lowest BCUT2D eigenvalue weighted by Gasteiger charge is -2.08. The lowest BCUT2D eigenvalue weighted by atomic mass is 10.1. The summed E-state index contributed by atoms with van der Waals surface area (Å²) in [6, 6.07) is 1.95. The van der Waals surface area contributed by atoms with Crippen LogP contribution in [-0.4, -0.2) is 12.1 Å². The van der Waals surface area contributed by atoms with E-state index in [-0.39, 0.29) is 0 Å². The zero-order valence-corrected chi connectivity index (χ0v) is 9.37. The Kier molecular flexibility index (Phi) is 4.12. The Bertz CT molecular complexity index is 361. The quantitative estimate of drug-likeness (QED) is 0.742. The van der Waals surface area contributed by atoms with Gasteiger partial charge in [-0.2, -0.15) is 0 Å². The molecule has 4 heteroatoms. The SMILES string of the molecule is CC/C=C(\N)c1ncc(NOC)cc1C. The Hall–Kier alpha value is -1.55. The minimum Gasteiger partial charge on any atom is -0.397 e. The molecule has 0 amide bonds. The lowest BCUT2D eigenvalue weighted by Crippen LogP contribution is -2.04. The van der Waals surface area contributed by atoms with E-state index in [1.165, 1.54) is 0 Å². The van der Waals surface area contributed by atoms with Crippen molar-refractivity contribution in [3.63, 3.8) is 0 Å². The van der Waals surface area contributed by atoms with Crippen LogP contribution in [0.25, 0.3) is 5.70 Å². The summed E-state index contributed by atoms with van der Waals surface area (Å²) in [5.74, 6) is 0. The molecule has 0 saturated heterocycles. The summed E-state index contributed by atoms with van der Waals surface area (Å²) < 4.78 is 0. The summed E-state index contributed by atoms with van der Waals surface area (Å²) in [6.45, 7) is 4.02. The first kappa shape index (κ1) is 11.5. The third-order valence-corrected chi connectivity index (χ3v) is 2.00. The van der Waals surface area contributed by atoms with E-state index in [0.717, 1.165) is 29.1 Å². The van der Waals surface area contributed by atoms with E-state index < -0.39 is 0 Å². The fraction of sp³-hybridized carbons (Fsp3) is 0.364. The smallest absolute Gasteiger partial charge is 0.0886 e. The minimum absolute atomic E-state index is 0.721. The van der Waals surface area contributed by atoms with Gasteiger partial charge in [-0.05, 0) is 25.0 Å². The Morgan fingerprint density at radius 2 is 2.40 bits per heavy atom. The monoisotopic (exact) mass is 207 g/mol. The molecule has 0 aliphatic rings. The summed E-state index contributed by atoms with van der Waals surface area (Å²) >= 11 is 0. The molecule has 0 aromatic carbocycles. The molecule has 0 saturated carbocycles. The molecular formula is C11H17N3O. The number of rotatable bonds is 4. The van der Waals surface area contributed by atoms with Crippen molar-refractivity contribution in [1.82, 2.24) is 4.98 Å². The summed E-state index contributed by atoms with van der Waals surface area (Å²) in [4.78, 5) is 9.07. The number of nitrogens with two attached hydrogens (primary N) is 1. The van der Waals surface area contributed by atoms with Crippen LogP contribution >= 0.6 is 0 Å². The first-order valence-electron chi connectivity index (χ1n) is 4.90. The second-order valence-electron chi connectivity index (χ2n) is 3.26. The highest BCUT2D eigenvalue weighted by Crippen LogP contribution is 2.16. The molecule has 0 spiro atoms. The predicted molar refractivity (Wildman–Crippen MR) is 62.1 cm³/mol. The van der Waals surface area contributed by atoms with E-state index in [1.807, 2.05) is 26.0 Å². The van der Waals surface area contributed by atoms with Gasteiger partial charge in [0, 0.05) is 0 Å². The van der Waals surface area contributed by atoms with Crippen molar-refractivity contribution in [1.29, 1.82) is 0 Å². The van der Waals surface area contributed by atoms with E-state index in [2.05, 4.69) is 10.5 Å². The van der Waals surface area contributed by atoms with Gasteiger partial charge in [0.2, 0.25) is 0 Å². The Morgan fingerprint density at radius 1 is 1.67 bits per heavy atom. The van der Waals surface area contributed by atoms with Gasteiger partial charge < -0.3 is 5.73 Å². The highest BCUT2D eigenvalue weighted by Gasteiger charge is 2.03.